The topological polar surface area (TPSA) is 69.0 Å². The van der Waals surface area contributed by atoms with Crippen molar-refractivity contribution >= 4 is 0 Å². The van der Waals surface area contributed by atoms with Crippen LogP contribution in [0.4, 0.5) is 0 Å². The van der Waals surface area contributed by atoms with Crippen molar-refractivity contribution in [2.75, 3.05) is 6.61 Å². The summed E-state index contributed by atoms with van der Waals surface area (Å²) < 4.78 is 0. The fourth-order valence-electron chi connectivity index (χ4n) is 1.29. The van der Waals surface area contributed by atoms with Gasteiger partial charge in [-0.05, 0) is 23.1 Å². The molecule has 74 valence electrons. The zero-order valence-electron chi connectivity index (χ0n) is 8.09. The predicted octanol–water partition coefficient (Wildman–Crippen LogP) is 2.59. The number of benzene rings is 1. The first-order valence-corrected chi connectivity index (χ1v) is 4.55. The molecule has 0 aromatic heterocycles. The van der Waals surface area contributed by atoms with Crippen molar-refractivity contribution < 1.29 is 5.11 Å². The molecule has 1 unspecified atom stereocenters. The zero-order valence-corrected chi connectivity index (χ0v) is 8.09. The molecule has 1 aromatic rings. The van der Waals surface area contributed by atoms with Gasteiger partial charge in [0.05, 0.1) is 12.6 Å². The van der Waals surface area contributed by atoms with E-state index in [9.17, 15) is 0 Å². The van der Waals surface area contributed by atoms with Crippen LogP contribution in [0.1, 0.15) is 24.1 Å². The SMILES string of the molecule is CCc1cccc(C(CO)N=[N+]=[N-])c1. The molecule has 1 N–H and O–H groups in total. The largest absolute Gasteiger partial charge is 0.396 e. The van der Waals surface area contributed by atoms with Crippen LogP contribution in [-0.2, 0) is 6.42 Å². The summed E-state index contributed by atoms with van der Waals surface area (Å²) in [6.07, 6.45) is 0.933. The number of hydrogen-bond acceptors (Lipinski definition) is 2. The van der Waals surface area contributed by atoms with Crippen LogP contribution >= 0.6 is 0 Å². The van der Waals surface area contributed by atoms with Gasteiger partial charge >= 0.3 is 0 Å². The van der Waals surface area contributed by atoms with Crippen LogP contribution in [0.25, 0.3) is 10.4 Å². The Kier molecular flexibility index (Phi) is 3.98. The molecular formula is C10H13N3O. The van der Waals surface area contributed by atoms with Crippen LogP contribution in [0.15, 0.2) is 29.4 Å². The summed E-state index contributed by atoms with van der Waals surface area (Å²) in [6.45, 7) is 1.90. The van der Waals surface area contributed by atoms with Crippen molar-refractivity contribution in [2.45, 2.75) is 19.4 Å². The Morgan fingerprint density at radius 2 is 2.36 bits per heavy atom. The van der Waals surface area contributed by atoms with E-state index in [-0.39, 0.29) is 6.61 Å². The minimum atomic E-state index is -0.466. The third-order valence-corrected chi connectivity index (χ3v) is 2.11. The van der Waals surface area contributed by atoms with E-state index >= 15 is 0 Å². The summed E-state index contributed by atoms with van der Waals surface area (Å²) in [5, 5.41) is 12.5. The van der Waals surface area contributed by atoms with Crippen molar-refractivity contribution in [3.05, 3.63) is 45.8 Å². The van der Waals surface area contributed by atoms with Crippen LogP contribution in [0.2, 0.25) is 0 Å². The van der Waals surface area contributed by atoms with Gasteiger partial charge in [0.15, 0.2) is 0 Å². The Labute approximate surface area is 82.8 Å². The maximum atomic E-state index is 9.01. The summed E-state index contributed by atoms with van der Waals surface area (Å²) in [7, 11) is 0. The van der Waals surface area contributed by atoms with Crippen LogP contribution in [-0.4, -0.2) is 11.7 Å². The van der Waals surface area contributed by atoms with Gasteiger partial charge in [-0.1, -0.05) is 36.3 Å². The van der Waals surface area contributed by atoms with Gasteiger partial charge in [0.25, 0.3) is 0 Å². The summed E-state index contributed by atoms with van der Waals surface area (Å²) >= 11 is 0. The van der Waals surface area contributed by atoms with Gasteiger partial charge in [0.2, 0.25) is 0 Å². The second-order valence-electron chi connectivity index (χ2n) is 3.00. The average Bonchev–Trinajstić information content (AvgIpc) is 2.26. The molecule has 1 atom stereocenters. The average molecular weight is 191 g/mol. The summed E-state index contributed by atoms with van der Waals surface area (Å²) in [5.74, 6) is 0. The van der Waals surface area contributed by atoms with Crippen molar-refractivity contribution in [3.63, 3.8) is 0 Å². The second kappa shape index (κ2) is 5.27. The second-order valence-corrected chi connectivity index (χ2v) is 3.00. The highest BCUT2D eigenvalue weighted by atomic mass is 16.3. The van der Waals surface area contributed by atoms with Crippen LogP contribution in [0.3, 0.4) is 0 Å². The monoisotopic (exact) mass is 191 g/mol. The maximum Gasteiger partial charge on any atom is 0.0856 e. The van der Waals surface area contributed by atoms with Gasteiger partial charge in [0.1, 0.15) is 0 Å². The Bertz CT molecular complexity index is 345. The van der Waals surface area contributed by atoms with E-state index in [1.54, 1.807) is 0 Å². The summed E-state index contributed by atoms with van der Waals surface area (Å²) in [6, 6.07) is 7.26. The highest BCUT2D eigenvalue weighted by molar-refractivity contribution is 5.26. The van der Waals surface area contributed by atoms with Crippen molar-refractivity contribution in [1.82, 2.24) is 0 Å². The standard InChI is InChI=1S/C10H13N3O/c1-2-8-4-3-5-9(6-8)10(7-14)12-13-11/h3-6,10,14H,2,7H2,1H3. The Morgan fingerprint density at radius 3 is 2.93 bits per heavy atom. The lowest BCUT2D eigenvalue weighted by Crippen LogP contribution is -2.00. The summed E-state index contributed by atoms with van der Waals surface area (Å²) in [5.41, 5.74) is 10.3. The van der Waals surface area contributed by atoms with E-state index < -0.39 is 6.04 Å². The Morgan fingerprint density at radius 1 is 1.57 bits per heavy atom. The molecule has 0 aliphatic heterocycles. The van der Waals surface area contributed by atoms with E-state index in [4.69, 9.17) is 10.6 Å². The van der Waals surface area contributed by atoms with E-state index in [1.165, 1.54) is 5.56 Å². The van der Waals surface area contributed by atoms with Crippen LogP contribution in [0.5, 0.6) is 0 Å². The van der Waals surface area contributed by atoms with Gasteiger partial charge in [-0.2, -0.15) is 0 Å². The molecule has 0 aliphatic rings. The molecule has 0 saturated heterocycles. The van der Waals surface area contributed by atoms with E-state index in [2.05, 4.69) is 16.9 Å². The molecule has 0 saturated carbocycles. The minimum absolute atomic E-state index is 0.156. The van der Waals surface area contributed by atoms with E-state index in [0.29, 0.717) is 0 Å². The van der Waals surface area contributed by atoms with Crippen molar-refractivity contribution in [1.29, 1.82) is 0 Å². The van der Waals surface area contributed by atoms with Crippen molar-refractivity contribution in [2.24, 2.45) is 5.11 Å². The number of aliphatic hydroxyl groups excluding tert-OH is 1. The first-order chi connectivity index (χ1) is 6.81. The zero-order chi connectivity index (χ0) is 10.4. The Hall–Kier alpha value is -1.51. The molecule has 0 heterocycles. The Balaban J connectivity index is 2.97. The smallest absolute Gasteiger partial charge is 0.0856 e. The minimum Gasteiger partial charge on any atom is -0.396 e. The predicted molar refractivity (Wildman–Crippen MR) is 54.8 cm³/mol. The lowest BCUT2D eigenvalue weighted by Gasteiger charge is -2.08. The highest BCUT2D eigenvalue weighted by Gasteiger charge is 2.07. The van der Waals surface area contributed by atoms with Gasteiger partial charge in [-0.15, -0.1) is 0 Å². The number of nitrogens with zero attached hydrogens (tertiary/aromatic N) is 3. The first-order valence-electron chi connectivity index (χ1n) is 4.55. The summed E-state index contributed by atoms with van der Waals surface area (Å²) in [4.78, 5) is 2.70. The number of rotatable bonds is 4. The molecule has 14 heavy (non-hydrogen) atoms. The molecular weight excluding hydrogens is 178 g/mol. The van der Waals surface area contributed by atoms with Crippen molar-refractivity contribution in [3.8, 4) is 0 Å². The van der Waals surface area contributed by atoms with Gasteiger partial charge in [-0.3, -0.25) is 0 Å². The molecule has 0 spiro atoms. The molecule has 0 aliphatic carbocycles. The molecule has 0 bridgehead atoms. The lowest BCUT2D eigenvalue weighted by atomic mass is 10.0. The fourth-order valence-corrected chi connectivity index (χ4v) is 1.29. The van der Waals surface area contributed by atoms with Crippen LogP contribution < -0.4 is 0 Å². The van der Waals surface area contributed by atoms with Gasteiger partial charge in [0, 0.05) is 4.91 Å². The van der Waals surface area contributed by atoms with Gasteiger partial charge in [-0.25, -0.2) is 0 Å². The first kappa shape index (κ1) is 10.6. The lowest BCUT2D eigenvalue weighted by molar-refractivity contribution is 0.268. The number of aryl methyl sites for hydroxylation is 1. The molecule has 4 nitrogen and oxygen atoms in total. The molecule has 0 radical (unpaired) electrons. The van der Waals surface area contributed by atoms with Crippen LogP contribution in [0, 0.1) is 0 Å². The molecule has 0 fully saturated rings. The highest BCUT2D eigenvalue weighted by Crippen LogP contribution is 2.18. The molecule has 1 aromatic carbocycles. The molecule has 4 heteroatoms. The van der Waals surface area contributed by atoms with E-state index in [1.807, 2.05) is 24.3 Å². The van der Waals surface area contributed by atoms with Gasteiger partial charge < -0.3 is 5.11 Å². The maximum absolute atomic E-state index is 9.01. The number of aliphatic hydroxyl groups is 1. The van der Waals surface area contributed by atoms with E-state index in [0.717, 1.165) is 12.0 Å². The molecule has 1 rings (SSSR count). The molecule has 0 amide bonds. The number of azide groups is 1. The third-order valence-electron chi connectivity index (χ3n) is 2.11. The quantitative estimate of drug-likeness (QED) is 0.443. The third kappa shape index (κ3) is 2.49. The number of hydrogen-bond donors (Lipinski definition) is 1. The fraction of sp³-hybridized carbons (Fsp3) is 0.400. The normalized spacial score (nSPS) is 11.9.